The maximum Gasteiger partial charge on any atom is 0.240 e. The van der Waals surface area contributed by atoms with Gasteiger partial charge in [-0.25, -0.2) is 13.6 Å². The van der Waals surface area contributed by atoms with Gasteiger partial charge in [0.2, 0.25) is 15.9 Å². The van der Waals surface area contributed by atoms with E-state index in [-0.39, 0.29) is 16.5 Å². The van der Waals surface area contributed by atoms with Crippen molar-refractivity contribution in [3.8, 4) is 0 Å². The van der Waals surface area contributed by atoms with Crippen molar-refractivity contribution >= 4 is 21.6 Å². The van der Waals surface area contributed by atoms with E-state index >= 15 is 0 Å². The van der Waals surface area contributed by atoms with Gasteiger partial charge in [0, 0.05) is 6.42 Å². The summed E-state index contributed by atoms with van der Waals surface area (Å²) in [5, 5.41) is 7.76. The zero-order valence-corrected chi connectivity index (χ0v) is 11.4. The number of hydrogen-bond donors (Lipinski definition) is 2. The van der Waals surface area contributed by atoms with Gasteiger partial charge in [-0.1, -0.05) is 25.0 Å². The van der Waals surface area contributed by atoms with Gasteiger partial charge in [0.25, 0.3) is 0 Å². The second kappa shape index (κ2) is 5.71. The Bertz CT molecular complexity index is 563. The van der Waals surface area contributed by atoms with Gasteiger partial charge in [-0.3, -0.25) is 4.79 Å². The molecule has 0 heterocycles. The summed E-state index contributed by atoms with van der Waals surface area (Å²) in [5.41, 5.74) is 0.257. The predicted molar refractivity (Wildman–Crippen MR) is 73.0 cm³/mol. The Morgan fingerprint density at radius 1 is 1.26 bits per heavy atom. The van der Waals surface area contributed by atoms with Crippen LogP contribution in [0.1, 0.15) is 32.1 Å². The van der Waals surface area contributed by atoms with Gasteiger partial charge < -0.3 is 5.32 Å². The largest absolute Gasteiger partial charge is 0.325 e. The Morgan fingerprint density at radius 3 is 2.53 bits per heavy atom. The van der Waals surface area contributed by atoms with Gasteiger partial charge in [0.05, 0.1) is 5.69 Å². The lowest BCUT2D eigenvalue weighted by molar-refractivity contribution is -0.117. The maximum atomic E-state index is 11.9. The van der Waals surface area contributed by atoms with E-state index in [0.717, 1.165) is 12.8 Å². The minimum atomic E-state index is -3.82. The van der Waals surface area contributed by atoms with Crippen LogP contribution >= 0.6 is 0 Å². The highest BCUT2D eigenvalue weighted by Crippen LogP contribution is 2.28. The molecule has 1 fully saturated rings. The molecule has 1 aliphatic rings. The lowest BCUT2D eigenvalue weighted by Crippen LogP contribution is -2.19. The SMILES string of the molecule is NS(=O)(=O)c1ccccc1NC(=O)CC1CCCC1. The van der Waals surface area contributed by atoms with E-state index in [1.165, 1.54) is 18.9 Å². The van der Waals surface area contributed by atoms with Crippen LogP contribution in [0.15, 0.2) is 29.2 Å². The molecular weight excluding hydrogens is 264 g/mol. The molecule has 0 unspecified atom stereocenters. The highest BCUT2D eigenvalue weighted by Gasteiger charge is 2.20. The van der Waals surface area contributed by atoms with Crippen LogP contribution in [-0.2, 0) is 14.8 Å². The molecule has 19 heavy (non-hydrogen) atoms. The van der Waals surface area contributed by atoms with Gasteiger partial charge in [-0.15, -0.1) is 0 Å². The van der Waals surface area contributed by atoms with Crippen molar-refractivity contribution in [3.05, 3.63) is 24.3 Å². The van der Waals surface area contributed by atoms with Crippen LogP contribution in [0.25, 0.3) is 0 Å². The monoisotopic (exact) mass is 282 g/mol. The summed E-state index contributed by atoms with van der Waals surface area (Å²) in [6, 6.07) is 6.18. The standard InChI is InChI=1S/C13H18N2O3S/c14-19(17,18)12-8-4-3-7-11(12)15-13(16)9-10-5-1-2-6-10/h3-4,7-8,10H,1-2,5-6,9H2,(H,15,16)(H2,14,17,18). The van der Waals surface area contributed by atoms with Crippen LogP contribution in [0.5, 0.6) is 0 Å². The van der Waals surface area contributed by atoms with Gasteiger partial charge in [0.1, 0.15) is 4.90 Å². The third-order valence-electron chi connectivity index (χ3n) is 3.42. The van der Waals surface area contributed by atoms with E-state index in [0.29, 0.717) is 12.3 Å². The Hall–Kier alpha value is -1.40. The van der Waals surface area contributed by atoms with E-state index in [1.807, 2.05) is 0 Å². The molecule has 0 radical (unpaired) electrons. The molecule has 2 rings (SSSR count). The molecule has 6 heteroatoms. The average Bonchev–Trinajstić information content (AvgIpc) is 2.81. The molecule has 1 aliphatic carbocycles. The number of sulfonamides is 1. The molecule has 1 aromatic rings. The van der Waals surface area contributed by atoms with Crippen molar-refractivity contribution < 1.29 is 13.2 Å². The molecule has 1 aromatic carbocycles. The summed E-state index contributed by atoms with van der Waals surface area (Å²) in [4.78, 5) is 11.9. The summed E-state index contributed by atoms with van der Waals surface area (Å²) in [6.07, 6.45) is 4.94. The summed E-state index contributed by atoms with van der Waals surface area (Å²) >= 11 is 0. The van der Waals surface area contributed by atoms with E-state index in [9.17, 15) is 13.2 Å². The number of nitrogens with one attached hydrogen (secondary N) is 1. The zero-order valence-electron chi connectivity index (χ0n) is 10.6. The first-order chi connectivity index (χ1) is 8.97. The predicted octanol–water partition coefficient (Wildman–Crippen LogP) is 1.85. The average molecular weight is 282 g/mol. The first kappa shape index (κ1) is 14.0. The summed E-state index contributed by atoms with van der Waals surface area (Å²) < 4.78 is 22.8. The molecule has 1 saturated carbocycles. The molecule has 0 saturated heterocycles. The molecule has 3 N–H and O–H groups in total. The Kier molecular flexibility index (Phi) is 4.21. The number of anilines is 1. The Labute approximate surface area is 113 Å². The van der Waals surface area contributed by atoms with Crippen LogP contribution in [0, 0.1) is 5.92 Å². The van der Waals surface area contributed by atoms with Crippen molar-refractivity contribution in [2.75, 3.05) is 5.32 Å². The quantitative estimate of drug-likeness (QED) is 0.883. The first-order valence-electron chi connectivity index (χ1n) is 6.38. The van der Waals surface area contributed by atoms with Crippen LogP contribution in [-0.4, -0.2) is 14.3 Å². The van der Waals surface area contributed by atoms with Crippen molar-refractivity contribution in [3.63, 3.8) is 0 Å². The second-order valence-electron chi connectivity index (χ2n) is 4.94. The number of carbonyl (C=O) groups is 1. The number of rotatable bonds is 4. The van der Waals surface area contributed by atoms with Crippen molar-refractivity contribution in [2.45, 2.75) is 37.0 Å². The van der Waals surface area contributed by atoms with Crippen LogP contribution in [0.3, 0.4) is 0 Å². The summed E-state index contributed by atoms with van der Waals surface area (Å²) in [5.74, 6) is 0.268. The normalized spacial score (nSPS) is 16.5. The maximum absolute atomic E-state index is 11.9. The fourth-order valence-corrected chi connectivity index (χ4v) is 3.19. The highest BCUT2D eigenvalue weighted by atomic mass is 32.2. The molecule has 0 atom stereocenters. The first-order valence-corrected chi connectivity index (χ1v) is 7.93. The van der Waals surface area contributed by atoms with Crippen molar-refractivity contribution in [2.24, 2.45) is 11.1 Å². The number of para-hydroxylation sites is 1. The third kappa shape index (κ3) is 3.78. The van der Waals surface area contributed by atoms with E-state index < -0.39 is 10.0 Å². The molecular formula is C13H18N2O3S. The van der Waals surface area contributed by atoms with E-state index in [2.05, 4.69) is 5.32 Å². The van der Waals surface area contributed by atoms with Gasteiger partial charge in [0.15, 0.2) is 0 Å². The van der Waals surface area contributed by atoms with Crippen LogP contribution < -0.4 is 10.5 Å². The van der Waals surface area contributed by atoms with Gasteiger partial charge in [-0.05, 0) is 30.9 Å². The van der Waals surface area contributed by atoms with Gasteiger partial charge in [-0.2, -0.15) is 0 Å². The molecule has 0 bridgehead atoms. The van der Waals surface area contributed by atoms with Crippen LogP contribution in [0.2, 0.25) is 0 Å². The minimum absolute atomic E-state index is 0.0465. The molecule has 104 valence electrons. The number of benzene rings is 1. The van der Waals surface area contributed by atoms with E-state index in [4.69, 9.17) is 5.14 Å². The number of hydrogen-bond acceptors (Lipinski definition) is 3. The molecule has 1 amide bonds. The van der Waals surface area contributed by atoms with Crippen molar-refractivity contribution in [1.29, 1.82) is 0 Å². The lowest BCUT2D eigenvalue weighted by atomic mass is 10.0. The fourth-order valence-electron chi connectivity index (χ4n) is 2.50. The number of carbonyl (C=O) groups excluding carboxylic acids is 1. The summed E-state index contributed by atoms with van der Waals surface area (Å²) in [7, 11) is -3.82. The second-order valence-corrected chi connectivity index (χ2v) is 6.47. The Balaban J connectivity index is 2.08. The molecule has 0 aliphatic heterocycles. The highest BCUT2D eigenvalue weighted by molar-refractivity contribution is 7.89. The molecule has 0 aromatic heterocycles. The zero-order chi connectivity index (χ0) is 13.9. The number of nitrogens with two attached hydrogens (primary N) is 1. The molecule has 5 nitrogen and oxygen atoms in total. The van der Waals surface area contributed by atoms with E-state index in [1.54, 1.807) is 18.2 Å². The van der Waals surface area contributed by atoms with Gasteiger partial charge >= 0.3 is 0 Å². The lowest BCUT2D eigenvalue weighted by Gasteiger charge is -2.12. The number of amides is 1. The molecule has 0 spiro atoms. The summed E-state index contributed by atoms with van der Waals surface area (Å²) in [6.45, 7) is 0. The Morgan fingerprint density at radius 2 is 1.89 bits per heavy atom. The van der Waals surface area contributed by atoms with Crippen molar-refractivity contribution in [1.82, 2.24) is 0 Å². The third-order valence-corrected chi connectivity index (χ3v) is 4.39. The topological polar surface area (TPSA) is 89.3 Å². The van der Waals surface area contributed by atoms with Crippen LogP contribution in [0.4, 0.5) is 5.69 Å². The number of primary sulfonamides is 1. The minimum Gasteiger partial charge on any atom is -0.325 e. The fraction of sp³-hybridized carbons (Fsp3) is 0.462. The smallest absolute Gasteiger partial charge is 0.240 e.